The van der Waals surface area contributed by atoms with Gasteiger partial charge >= 0.3 is 0 Å². The second kappa shape index (κ2) is 7.34. The summed E-state index contributed by atoms with van der Waals surface area (Å²) in [6.07, 6.45) is 2.18. The molecule has 0 fully saturated rings. The molecule has 0 bridgehead atoms. The number of aryl methyl sites for hydroxylation is 1. The lowest BCUT2D eigenvalue weighted by atomic mass is 10.3. The monoisotopic (exact) mass is 291 g/mol. The van der Waals surface area contributed by atoms with Gasteiger partial charge in [-0.3, -0.25) is 4.79 Å². The average Bonchev–Trinajstić information content (AvgIpc) is 2.89. The Morgan fingerprint density at radius 1 is 1.33 bits per heavy atom. The van der Waals surface area contributed by atoms with E-state index in [1.165, 1.54) is 6.33 Å². The minimum Gasteiger partial charge on any atom is -0.385 e. The molecule has 8 nitrogen and oxygen atoms in total. The van der Waals surface area contributed by atoms with E-state index in [2.05, 4.69) is 25.8 Å². The number of anilines is 2. The van der Waals surface area contributed by atoms with Gasteiger partial charge in [0.15, 0.2) is 5.82 Å². The summed E-state index contributed by atoms with van der Waals surface area (Å²) in [7, 11) is 1.65. The van der Waals surface area contributed by atoms with Crippen molar-refractivity contribution >= 4 is 17.5 Å². The zero-order valence-electron chi connectivity index (χ0n) is 11.9. The molecule has 0 unspecified atom stereocenters. The third kappa shape index (κ3) is 4.53. The van der Waals surface area contributed by atoms with Crippen molar-refractivity contribution < 1.29 is 14.1 Å². The van der Waals surface area contributed by atoms with Crippen LogP contribution < -0.4 is 10.6 Å². The van der Waals surface area contributed by atoms with Crippen LogP contribution in [0.15, 0.2) is 23.0 Å². The average molecular weight is 291 g/mol. The van der Waals surface area contributed by atoms with Crippen LogP contribution in [0.5, 0.6) is 0 Å². The van der Waals surface area contributed by atoms with Gasteiger partial charge in [0, 0.05) is 32.4 Å². The molecule has 2 aromatic heterocycles. The van der Waals surface area contributed by atoms with E-state index in [9.17, 15) is 4.79 Å². The molecule has 0 aliphatic heterocycles. The summed E-state index contributed by atoms with van der Waals surface area (Å²) in [4.78, 5) is 20.0. The number of methoxy groups -OCH3 is 1. The van der Waals surface area contributed by atoms with Gasteiger partial charge in [-0.1, -0.05) is 5.16 Å². The van der Waals surface area contributed by atoms with Crippen molar-refractivity contribution in [2.75, 3.05) is 30.9 Å². The summed E-state index contributed by atoms with van der Waals surface area (Å²) in [6, 6.07) is 3.21. The zero-order chi connectivity index (χ0) is 15.1. The molecule has 0 radical (unpaired) electrons. The van der Waals surface area contributed by atoms with Gasteiger partial charge in [-0.15, -0.1) is 0 Å². The quantitative estimate of drug-likeness (QED) is 0.745. The minimum absolute atomic E-state index is 0.250. The molecule has 0 spiro atoms. The van der Waals surface area contributed by atoms with Crippen LogP contribution in [-0.4, -0.2) is 41.3 Å². The number of hydrogen-bond donors (Lipinski definition) is 2. The van der Waals surface area contributed by atoms with Crippen LogP contribution in [0.3, 0.4) is 0 Å². The second-order valence-electron chi connectivity index (χ2n) is 4.34. The molecule has 0 saturated carbocycles. The third-order valence-electron chi connectivity index (χ3n) is 2.60. The van der Waals surface area contributed by atoms with Crippen molar-refractivity contribution in [3.63, 3.8) is 0 Å². The lowest BCUT2D eigenvalue weighted by Crippen LogP contribution is -2.15. The largest absolute Gasteiger partial charge is 0.385 e. The highest BCUT2D eigenvalue weighted by Gasteiger charge is 2.11. The van der Waals surface area contributed by atoms with Gasteiger partial charge in [-0.25, -0.2) is 9.97 Å². The van der Waals surface area contributed by atoms with Crippen LogP contribution in [0.2, 0.25) is 0 Å². The molecular weight excluding hydrogens is 274 g/mol. The number of hydrogen-bond acceptors (Lipinski definition) is 7. The van der Waals surface area contributed by atoms with Crippen molar-refractivity contribution in [3.05, 3.63) is 29.9 Å². The van der Waals surface area contributed by atoms with Crippen molar-refractivity contribution in [3.8, 4) is 0 Å². The number of nitrogens with one attached hydrogen (secondary N) is 2. The number of amides is 1. The molecule has 0 saturated heterocycles. The molecule has 112 valence electrons. The molecule has 2 aromatic rings. The molecule has 0 atom stereocenters. The van der Waals surface area contributed by atoms with Gasteiger partial charge in [0.05, 0.1) is 0 Å². The molecule has 0 aliphatic rings. The number of carbonyl (C=O) groups excluding carboxylic acids is 1. The topological polar surface area (TPSA) is 102 Å². The van der Waals surface area contributed by atoms with Gasteiger partial charge in [0.2, 0.25) is 0 Å². The van der Waals surface area contributed by atoms with Gasteiger partial charge in [0.25, 0.3) is 5.91 Å². The maximum Gasteiger partial charge on any atom is 0.275 e. The van der Waals surface area contributed by atoms with Crippen molar-refractivity contribution in [1.82, 2.24) is 15.1 Å². The molecule has 0 aromatic carbocycles. The first-order chi connectivity index (χ1) is 10.2. The Hall–Kier alpha value is -2.48. The Bertz CT molecular complexity index is 599. The Morgan fingerprint density at radius 2 is 2.19 bits per heavy atom. The Balaban J connectivity index is 1.94. The summed E-state index contributed by atoms with van der Waals surface area (Å²) in [5.41, 5.74) is 0.250. The molecule has 1 amide bonds. The van der Waals surface area contributed by atoms with Gasteiger partial charge in [0.1, 0.15) is 23.6 Å². The number of carbonyl (C=O) groups is 1. The minimum atomic E-state index is -0.370. The van der Waals surface area contributed by atoms with E-state index in [0.29, 0.717) is 30.5 Å². The summed E-state index contributed by atoms with van der Waals surface area (Å²) >= 11 is 0. The van der Waals surface area contributed by atoms with E-state index in [1.54, 1.807) is 26.2 Å². The highest BCUT2D eigenvalue weighted by molar-refractivity contribution is 6.02. The zero-order valence-corrected chi connectivity index (χ0v) is 11.9. The van der Waals surface area contributed by atoms with E-state index < -0.39 is 0 Å². The van der Waals surface area contributed by atoms with Gasteiger partial charge in [-0.05, 0) is 13.3 Å². The fourth-order valence-electron chi connectivity index (χ4n) is 1.62. The van der Waals surface area contributed by atoms with E-state index in [0.717, 1.165) is 6.42 Å². The van der Waals surface area contributed by atoms with Crippen LogP contribution in [0.25, 0.3) is 0 Å². The van der Waals surface area contributed by atoms with Crippen LogP contribution in [-0.2, 0) is 4.74 Å². The number of aromatic nitrogens is 3. The summed E-state index contributed by atoms with van der Waals surface area (Å²) in [6.45, 7) is 3.11. The molecule has 8 heteroatoms. The fraction of sp³-hybridized carbons (Fsp3) is 0.385. The fourth-order valence-corrected chi connectivity index (χ4v) is 1.62. The molecule has 2 heterocycles. The Morgan fingerprint density at radius 3 is 2.90 bits per heavy atom. The first-order valence-corrected chi connectivity index (χ1v) is 6.48. The number of nitrogens with zero attached hydrogens (tertiary/aromatic N) is 3. The normalized spacial score (nSPS) is 10.4. The maximum absolute atomic E-state index is 12.0. The van der Waals surface area contributed by atoms with Crippen LogP contribution in [0.1, 0.15) is 22.7 Å². The molecule has 2 N–H and O–H groups in total. The summed E-state index contributed by atoms with van der Waals surface area (Å²) in [5, 5.41) is 9.39. The van der Waals surface area contributed by atoms with Gasteiger partial charge in [-0.2, -0.15) is 0 Å². The van der Waals surface area contributed by atoms with Crippen LogP contribution in [0.4, 0.5) is 11.6 Å². The smallest absolute Gasteiger partial charge is 0.275 e. The molecule has 2 rings (SSSR count). The van der Waals surface area contributed by atoms with E-state index >= 15 is 0 Å². The predicted octanol–water partition coefficient (Wildman–Crippen LogP) is 1.47. The van der Waals surface area contributed by atoms with Crippen LogP contribution >= 0.6 is 0 Å². The van der Waals surface area contributed by atoms with Crippen molar-refractivity contribution in [2.45, 2.75) is 13.3 Å². The summed E-state index contributed by atoms with van der Waals surface area (Å²) in [5.74, 6) is 1.19. The van der Waals surface area contributed by atoms with Gasteiger partial charge < -0.3 is 19.9 Å². The lowest BCUT2D eigenvalue weighted by molar-refractivity contribution is 0.102. The highest BCUT2D eigenvalue weighted by Crippen LogP contribution is 2.10. The summed E-state index contributed by atoms with van der Waals surface area (Å²) < 4.78 is 9.84. The van der Waals surface area contributed by atoms with E-state index in [4.69, 9.17) is 9.26 Å². The third-order valence-corrected chi connectivity index (χ3v) is 2.60. The highest BCUT2D eigenvalue weighted by atomic mass is 16.5. The maximum atomic E-state index is 12.0. The second-order valence-corrected chi connectivity index (χ2v) is 4.34. The number of ether oxygens (including phenoxy) is 1. The lowest BCUT2D eigenvalue weighted by Gasteiger charge is -2.06. The van der Waals surface area contributed by atoms with E-state index in [1.807, 2.05) is 0 Å². The first kappa shape index (κ1) is 14.9. The molecular formula is C13H17N5O3. The first-order valence-electron chi connectivity index (χ1n) is 6.48. The predicted molar refractivity (Wildman–Crippen MR) is 76.2 cm³/mol. The molecule has 0 aliphatic carbocycles. The SMILES string of the molecule is COCCCNc1cc(C(=O)Nc2cc(C)on2)ncn1. The van der Waals surface area contributed by atoms with E-state index in [-0.39, 0.29) is 11.6 Å². The van der Waals surface area contributed by atoms with Crippen LogP contribution in [0, 0.1) is 6.92 Å². The van der Waals surface area contributed by atoms with Crippen molar-refractivity contribution in [2.24, 2.45) is 0 Å². The van der Waals surface area contributed by atoms with Crippen molar-refractivity contribution in [1.29, 1.82) is 0 Å². The molecule has 21 heavy (non-hydrogen) atoms. The number of rotatable bonds is 7. The standard InChI is InChI=1S/C13H17N5O3/c1-9-6-12(18-21-9)17-13(19)10-7-11(16-8-15-10)14-4-3-5-20-2/h6-8H,3-5H2,1-2H3,(H,14,15,16)(H,17,18,19). The Kier molecular flexibility index (Phi) is 5.22. The Labute approximate surface area is 121 Å².